The number of benzene rings is 2. The van der Waals surface area contributed by atoms with Crippen molar-refractivity contribution in [3.8, 4) is 11.5 Å². The van der Waals surface area contributed by atoms with Crippen molar-refractivity contribution in [1.29, 1.82) is 0 Å². The van der Waals surface area contributed by atoms with Gasteiger partial charge >= 0.3 is 0 Å². The molecule has 1 saturated heterocycles. The molecule has 128 valence electrons. The van der Waals surface area contributed by atoms with Gasteiger partial charge in [-0.3, -0.25) is 19.8 Å². The first-order valence-corrected chi connectivity index (χ1v) is 7.87. The molecular weight excluding hydrogens is 340 g/mol. The van der Waals surface area contributed by atoms with Crippen LogP contribution in [0.15, 0.2) is 35.9 Å². The summed E-state index contributed by atoms with van der Waals surface area (Å²) in [5, 5.41) is 4.24. The summed E-state index contributed by atoms with van der Waals surface area (Å²) in [5.74, 6) is 0.150. The van der Waals surface area contributed by atoms with Gasteiger partial charge in [-0.25, -0.2) is 0 Å². The van der Waals surface area contributed by atoms with E-state index in [-0.39, 0.29) is 10.7 Å². The highest BCUT2D eigenvalue weighted by atomic mass is 32.1. The van der Waals surface area contributed by atoms with Crippen LogP contribution >= 0.6 is 12.2 Å². The number of rotatable bonds is 3. The lowest BCUT2D eigenvalue weighted by atomic mass is 9.99. The topological polar surface area (TPSA) is 67.9 Å². The van der Waals surface area contributed by atoms with E-state index >= 15 is 0 Å². The predicted octanol–water partition coefficient (Wildman–Crippen LogP) is 2.11. The van der Waals surface area contributed by atoms with Crippen LogP contribution in [0.4, 0.5) is 0 Å². The average molecular weight is 356 g/mol. The number of thiocarbonyl (C=S) groups is 1. The fourth-order valence-electron chi connectivity index (χ4n) is 2.72. The van der Waals surface area contributed by atoms with Gasteiger partial charge in [0, 0.05) is 24.1 Å². The van der Waals surface area contributed by atoms with Crippen LogP contribution in [-0.2, 0) is 9.59 Å². The summed E-state index contributed by atoms with van der Waals surface area (Å²) in [6, 6.07) is 9.27. The Kier molecular flexibility index (Phi) is 4.41. The average Bonchev–Trinajstić information content (AvgIpc) is 2.63. The molecule has 0 aromatic heterocycles. The molecule has 0 radical (unpaired) electrons. The molecule has 1 fully saturated rings. The monoisotopic (exact) mass is 356 g/mol. The fraction of sp³-hybridized carbons (Fsp3) is 0.167. The molecule has 6 nitrogen and oxygen atoms in total. The standard InChI is InChI=1S/C18H16N2O4S/c1-20-17(22)13(16(21)19-18(20)25)8-12-10-6-4-5-7-11(10)14(23-2)9-15(12)24-3/h4-9H,1-3H3,(H,19,21,25). The fourth-order valence-corrected chi connectivity index (χ4v) is 2.89. The summed E-state index contributed by atoms with van der Waals surface area (Å²) in [6.07, 6.45) is 1.52. The highest BCUT2D eigenvalue weighted by molar-refractivity contribution is 7.80. The first-order chi connectivity index (χ1) is 12.0. The van der Waals surface area contributed by atoms with Crippen molar-refractivity contribution < 1.29 is 19.1 Å². The SMILES string of the molecule is COc1cc(OC)c2ccccc2c1C=C1C(=O)NC(=S)N(C)C1=O. The summed E-state index contributed by atoms with van der Waals surface area (Å²) in [5.41, 5.74) is 0.614. The maximum absolute atomic E-state index is 12.5. The van der Waals surface area contributed by atoms with E-state index in [0.29, 0.717) is 17.1 Å². The Morgan fingerprint density at radius 3 is 2.36 bits per heavy atom. The van der Waals surface area contributed by atoms with Gasteiger partial charge in [0.05, 0.1) is 14.2 Å². The van der Waals surface area contributed by atoms with E-state index < -0.39 is 11.8 Å². The summed E-state index contributed by atoms with van der Waals surface area (Å²) >= 11 is 4.96. The Bertz CT molecular complexity index is 936. The molecule has 0 saturated carbocycles. The molecule has 25 heavy (non-hydrogen) atoms. The van der Waals surface area contributed by atoms with Crippen molar-refractivity contribution in [2.24, 2.45) is 0 Å². The Morgan fingerprint density at radius 2 is 1.72 bits per heavy atom. The minimum atomic E-state index is -0.532. The summed E-state index contributed by atoms with van der Waals surface area (Å²) < 4.78 is 10.9. The third-order valence-electron chi connectivity index (χ3n) is 4.04. The summed E-state index contributed by atoms with van der Waals surface area (Å²) in [7, 11) is 4.62. The number of carbonyl (C=O) groups is 2. The molecule has 0 spiro atoms. The Labute approximate surface area is 150 Å². The van der Waals surface area contributed by atoms with E-state index in [1.54, 1.807) is 13.2 Å². The number of hydrogen-bond donors (Lipinski definition) is 1. The van der Waals surface area contributed by atoms with Crippen LogP contribution in [0.3, 0.4) is 0 Å². The van der Waals surface area contributed by atoms with Crippen molar-refractivity contribution in [3.63, 3.8) is 0 Å². The second-order valence-electron chi connectivity index (χ2n) is 5.42. The number of nitrogens with one attached hydrogen (secondary N) is 1. The maximum atomic E-state index is 12.5. The summed E-state index contributed by atoms with van der Waals surface area (Å²) in [6.45, 7) is 0. The van der Waals surface area contributed by atoms with Crippen LogP contribution in [-0.4, -0.2) is 43.1 Å². The third kappa shape index (κ3) is 2.83. The highest BCUT2D eigenvalue weighted by Gasteiger charge is 2.31. The lowest BCUT2D eigenvalue weighted by Gasteiger charge is -2.25. The molecule has 1 heterocycles. The molecule has 0 unspecified atom stereocenters. The Morgan fingerprint density at radius 1 is 1.08 bits per heavy atom. The van der Waals surface area contributed by atoms with Crippen LogP contribution in [0.2, 0.25) is 0 Å². The van der Waals surface area contributed by atoms with Gasteiger partial charge in [0.25, 0.3) is 11.8 Å². The largest absolute Gasteiger partial charge is 0.496 e. The number of nitrogens with zero attached hydrogens (tertiary/aromatic N) is 1. The molecule has 2 aromatic rings. The molecule has 1 aliphatic rings. The van der Waals surface area contributed by atoms with Crippen molar-refractivity contribution in [2.45, 2.75) is 0 Å². The highest BCUT2D eigenvalue weighted by Crippen LogP contribution is 2.37. The lowest BCUT2D eigenvalue weighted by Crippen LogP contribution is -2.52. The van der Waals surface area contributed by atoms with E-state index in [1.807, 2.05) is 24.3 Å². The summed E-state index contributed by atoms with van der Waals surface area (Å²) in [4.78, 5) is 25.9. The molecule has 7 heteroatoms. The van der Waals surface area contributed by atoms with Crippen LogP contribution < -0.4 is 14.8 Å². The number of fused-ring (bicyclic) bond motifs is 1. The van der Waals surface area contributed by atoms with Gasteiger partial charge < -0.3 is 9.47 Å². The van der Waals surface area contributed by atoms with Gasteiger partial charge in [-0.05, 0) is 23.7 Å². The van der Waals surface area contributed by atoms with Gasteiger partial charge in [0.1, 0.15) is 17.1 Å². The van der Waals surface area contributed by atoms with Gasteiger partial charge in [-0.2, -0.15) is 0 Å². The number of likely N-dealkylation sites (N-methyl/N-ethyl adjacent to an activating group) is 1. The zero-order valence-corrected chi connectivity index (χ0v) is 14.8. The van der Waals surface area contributed by atoms with Crippen molar-refractivity contribution >= 4 is 46.0 Å². The van der Waals surface area contributed by atoms with E-state index in [2.05, 4.69) is 5.32 Å². The van der Waals surface area contributed by atoms with Crippen LogP contribution in [0.25, 0.3) is 16.8 Å². The number of ether oxygens (including phenoxy) is 2. The number of methoxy groups -OCH3 is 2. The second kappa shape index (κ2) is 6.52. The maximum Gasteiger partial charge on any atom is 0.265 e. The first-order valence-electron chi connectivity index (χ1n) is 7.46. The van der Waals surface area contributed by atoms with Crippen LogP contribution in [0, 0.1) is 0 Å². The minimum absolute atomic E-state index is 0.00952. The van der Waals surface area contributed by atoms with E-state index in [4.69, 9.17) is 21.7 Å². The zero-order chi connectivity index (χ0) is 18.1. The van der Waals surface area contributed by atoms with Crippen molar-refractivity contribution in [3.05, 3.63) is 41.5 Å². The predicted molar refractivity (Wildman–Crippen MR) is 98.5 cm³/mol. The molecule has 1 aliphatic heterocycles. The molecule has 0 atom stereocenters. The van der Waals surface area contributed by atoms with E-state index in [0.717, 1.165) is 10.8 Å². The van der Waals surface area contributed by atoms with Crippen molar-refractivity contribution in [2.75, 3.05) is 21.3 Å². The minimum Gasteiger partial charge on any atom is -0.496 e. The first kappa shape index (κ1) is 16.9. The molecule has 2 amide bonds. The van der Waals surface area contributed by atoms with E-state index in [9.17, 15) is 9.59 Å². The molecule has 0 aliphatic carbocycles. The Balaban J connectivity index is 2.27. The van der Waals surface area contributed by atoms with Gasteiger partial charge in [-0.15, -0.1) is 0 Å². The quantitative estimate of drug-likeness (QED) is 0.518. The zero-order valence-electron chi connectivity index (χ0n) is 14.0. The Hall–Kier alpha value is -2.93. The molecule has 2 aromatic carbocycles. The number of hydrogen-bond acceptors (Lipinski definition) is 5. The van der Waals surface area contributed by atoms with Crippen LogP contribution in [0.5, 0.6) is 11.5 Å². The van der Waals surface area contributed by atoms with Gasteiger partial charge in [0.2, 0.25) is 0 Å². The number of amides is 2. The molecular formula is C18H16N2O4S. The lowest BCUT2D eigenvalue weighted by molar-refractivity contribution is -0.128. The van der Waals surface area contributed by atoms with Gasteiger partial charge in [0.15, 0.2) is 5.11 Å². The molecule has 3 rings (SSSR count). The smallest absolute Gasteiger partial charge is 0.265 e. The van der Waals surface area contributed by atoms with Gasteiger partial charge in [-0.1, -0.05) is 24.3 Å². The molecule has 0 bridgehead atoms. The second-order valence-corrected chi connectivity index (χ2v) is 5.81. The third-order valence-corrected chi connectivity index (χ3v) is 4.42. The van der Waals surface area contributed by atoms with E-state index in [1.165, 1.54) is 25.1 Å². The number of carbonyl (C=O) groups excluding carboxylic acids is 2. The van der Waals surface area contributed by atoms with Crippen molar-refractivity contribution in [1.82, 2.24) is 10.2 Å². The van der Waals surface area contributed by atoms with Crippen LogP contribution in [0.1, 0.15) is 5.56 Å². The normalized spacial score (nSPS) is 16.4. The molecule has 1 N–H and O–H groups in total.